The van der Waals surface area contributed by atoms with Gasteiger partial charge < -0.3 is 4.74 Å². The van der Waals surface area contributed by atoms with Crippen LogP contribution in [-0.2, 0) is 16.4 Å². The van der Waals surface area contributed by atoms with Gasteiger partial charge in [-0.25, -0.2) is 13.6 Å². The fourth-order valence-corrected chi connectivity index (χ4v) is 3.73. The maximum Gasteiger partial charge on any atom is 0.238 e. The molecule has 154 valence electrons. The van der Waals surface area contributed by atoms with Crippen LogP contribution in [0.15, 0.2) is 77.8 Å². The summed E-state index contributed by atoms with van der Waals surface area (Å²) >= 11 is 0. The highest BCUT2D eigenvalue weighted by Crippen LogP contribution is 2.22. The molecule has 0 fully saturated rings. The Morgan fingerprint density at radius 3 is 2.61 bits per heavy atom. The van der Waals surface area contributed by atoms with Gasteiger partial charge in [-0.1, -0.05) is 12.1 Å². The van der Waals surface area contributed by atoms with Crippen molar-refractivity contribution in [3.63, 3.8) is 0 Å². The minimum Gasteiger partial charge on any atom is -0.438 e. The van der Waals surface area contributed by atoms with Crippen molar-refractivity contribution in [2.45, 2.75) is 11.3 Å². The van der Waals surface area contributed by atoms with E-state index in [2.05, 4.69) is 26.3 Å². The minimum absolute atomic E-state index is 0.00921. The van der Waals surface area contributed by atoms with Crippen molar-refractivity contribution in [1.29, 1.82) is 0 Å². The molecule has 10 heteroatoms. The number of fused-ring (bicyclic) bond motifs is 2. The van der Waals surface area contributed by atoms with Crippen molar-refractivity contribution in [3.8, 4) is 11.6 Å². The van der Waals surface area contributed by atoms with E-state index >= 15 is 0 Å². The Morgan fingerprint density at radius 1 is 0.968 bits per heavy atom. The summed E-state index contributed by atoms with van der Waals surface area (Å²) in [6.45, 7) is 0. The van der Waals surface area contributed by atoms with Crippen molar-refractivity contribution in [1.82, 2.24) is 24.8 Å². The van der Waals surface area contributed by atoms with Crippen LogP contribution in [0.25, 0.3) is 16.6 Å². The minimum atomic E-state index is -3.76. The molecule has 0 unspecified atom stereocenters. The molecule has 0 aliphatic heterocycles. The third kappa shape index (κ3) is 3.93. The maximum atomic E-state index is 11.4. The van der Waals surface area contributed by atoms with E-state index in [0.29, 0.717) is 29.5 Å². The van der Waals surface area contributed by atoms with Crippen molar-refractivity contribution in [2.24, 2.45) is 5.14 Å². The molecule has 0 spiro atoms. The molecule has 0 radical (unpaired) electrons. The molecule has 9 nitrogen and oxygen atoms in total. The van der Waals surface area contributed by atoms with Crippen LogP contribution in [0.1, 0.15) is 11.4 Å². The lowest BCUT2D eigenvalue weighted by Crippen LogP contribution is -2.11. The third-order valence-electron chi connectivity index (χ3n) is 4.71. The fraction of sp³-hybridized carbons (Fsp3) is 0.0476. The summed E-state index contributed by atoms with van der Waals surface area (Å²) in [5, 5.41) is 19.1. The summed E-state index contributed by atoms with van der Waals surface area (Å²) in [6.07, 6.45) is 2.30. The zero-order chi connectivity index (χ0) is 21.4. The zero-order valence-electron chi connectivity index (χ0n) is 16.1. The van der Waals surface area contributed by atoms with Gasteiger partial charge in [-0.15, -0.1) is 15.3 Å². The standard InChI is InChI=1S/C21H16N6O3S/c22-31(28,29)17-6-4-16(5-7-17)30-21-10-9-19-24-25-20(27(19)26-21)13-14-3-8-18-15(12-14)2-1-11-23-18/h1-12H,13H2,(H2,22,28,29). The molecule has 0 saturated carbocycles. The van der Waals surface area contributed by atoms with E-state index < -0.39 is 10.0 Å². The van der Waals surface area contributed by atoms with E-state index in [4.69, 9.17) is 9.88 Å². The maximum absolute atomic E-state index is 11.4. The van der Waals surface area contributed by atoms with Crippen molar-refractivity contribution in [3.05, 3.63) is 84.3 Å². The van der Waals surface area contributed by atoms with Gasteiger partial charge in [0.2, 0.25) is 15.9 Å². The number of hydrogen-bond donors (Lipinski definition) is 1. The predicted molar refractivity (Wildman–Crippen MR) is 113 cm³/mol. The second kappa shape index (κ2) is 7.42. The van der Waals surface area contributed by atoms with E-state index in [1.807, 2.05) is 24.3 Å². The number of nitrogens with zero attached hydrogens (tertiary/aromatic N) is 5. The number of aromatic nitrogens is 5. The summed E-state index contributed by atoms with van der Waals surface area (Å²) in [6, 6.07) is 19.2. The van der Waals surface area contributed by atoms with Gasteiger partial charge >= 0.3 is 0 Å². The van der Waals surface area contributed by atoms with Gasteiger partial charge in [-0.05, 0) is 54.1 Å². The third-order valence-corrected chi connectivity index (χ3v) is 5.64. The van der Waals surface area contributed by atoms with Gasteiger partial charge in [-0.2, -0.15) is 4.52 Å². The summed E-state index contributed by atoms with van der Waals surface area (Å²) in [7, 11) is -3.76. The first kappa shape index (κ1) is 19.1. The van der Waals surface area contributed by atoms with E-state index in [0.717, 1.165) is 16.5 Å². The van der Waals surface area contributed by atoms with Gasteiger partial charge in [0.15, 0.2) is 11.5 Å². The number of hydrogen-bond acceptors (Lipinski definition) is 7. The molecule has 0 atom stereocenters. The first-order valence-electron chi connectivity index (χ1n) is 9.31. The Labute approximate surface area is 177 Å². The molecule has 5 rings (SSSR count). The summed E-state index contributed by atoms with van der Waals surface area (Å²) < 4.78 is 30.1. The second-order valence-electron chi connectivity index (χ2n) is 6.88. The topological polar surface area (TPSA) is 125 Å². The molecule has 2 aromatic carbocycles. The van der Waals surface area contributed by atoms with Crippen molar-refractivity contribution < 1.29 is 13.2 Å². The smallest absolute Gasteiger partial charge is 0.238 e. The van der Waals surface area contributed by atoms with Crippen LogP contribution < -0.4 is 9.88 Å². The quantitative estimate of drug-likeness (QED) is 0.452. The van der Waals surface area contributed by atoms with Gasteiger partial charge in [0.1, 0.15) is 5.75 Å². The largest absolute Gasteiger partial charge is 0.438 e. The van der Waals surface area contributed by atoms with Gasteiger partial charge in [0.05, 0.1) is 10.4 Å². The summed E-state index contributed by atoms with van der Waals surface area (Å²) in [4.78, 5) is 4.35. The molecule has 31 heavy (non-hydrogen) atoms. The van der Waals surface area contributed by atoms with Gasteiger partial charge in [-0.3, -0.25) is 4.98 Å². The van der Waals surface area contributed by atoms with E-state index in [-0.39, 0.29) is 4.90 Å². The lowest BCUT2D eigenvalue weighted by molar-refractivity contribution is 0.451. The Balaban J connectivity index is 1.42. The number of rotatable bonds is 5. The number of nitrogens with two attached hydrogens (primary N) is 1. The van der Waals surface area contributed by atoms with Crippen LogP contribution in [0.5, 0.6) is 11.6 Å². The molecule has 0 bridgehead atoms. The molecular weight excluding hydrogens is 416 g/mol. The summed E-state index contributed by atoms with van der Waals surface area (Å²) in [5.41, 5.74) is 2.58. The monoisotopic (exact) mass is 432 g/mol. The van der Waals surface area contributed by atoms with E-state index in [9.17, 15) is 8.42 Å². The van der Waals surface area contributed by atoms with Gasteiger partial charge in [0.25, 0.3) is 0 Å². The molecule has 0 aliphatic rings. The average molecular weight is 432 g/mol. The van der Waals surface area contributed by atoms with Crippen molar-refractivity contribution >= 4 is 26.6 Å². The molecule has 0 saturated heterocycles. The molecule has 3 aromatic heterocycles. The van der Waals surface area contributed by atoms with E-state index in [1.54, 1.807) is 22.8 Å². The average Bonchev–Trinajstić information content (AvgIpc) is 3.15. The molecule has 0 amide bonds. The Kier molecular flexibility index (Phi) is 4.57. The number of ether oxygens (including phenoxy) is 1. The number of benzene rings is 2. The van der Waals surface area contributed by atoms with Crippen molar-refractivity contribution in [2.75, 3.05) is 0 Å². The molecule has 2 N–H and O–H groups in total. The number of primary sulfonamides is 1. The predicted octanol–water partition coefficient (Wildman–Crippen LogP) is 2.70. The lowest BCUT2D eigenvalue weighted by Gasteiger charge is -2.07. The Hall–Kier alpha value is -3.89. The molecule has 5 aromatic rings. The highest BCUT2D eigenvalue weighted by Gasteiger charge is 2.11. The summed E-state index contributed by atoms with van der Waals surface area (Å²) in [5.74, 6) is 1.41. The van der Waals surface area contributed by atoms with Crippen LogP contribution in [0, 0.1) is 0 Å². The van der Waals surface area contributed by atoms with Crippen LogP contribution in [0.4, 0.5) is 0 Å². The molecule has 3 heterocycles. The van der Waals surface area contributed by atoms with Crippen LogP contribution in [0.2, 0.25) is 0 Å². The molecule has 0 aliphatic carbocycles. The fourth-order valence-electron chi connectivity index (χ4n) is 3.22. The van der Waals surface area contributed by atoms with Gasteiger partial charge in [0, 0.05) is 24.1 Å². The zero-order valence-corrected chi connectivity index (χ0v) is 16.9. The SMILES string of the molecule is NS(=O)(=O)c1ccc(Oc2ccc3nnc(Cc4ccc5ncccc5c4)n3n2)cc1. The van der Waals surface area contributed by atoms with Crippen LogP contribution in [-0.4, -0.2) is 33.2 Å². The Morgan fingerprint density at radius 2 is 1.81 bits per heavy atom. The first-order chi connectivity index (χ1) is 15.0. The first-order valence-corrected chi connectivity index (χ1v) is 10.9. The highest BCUT2D eigenvalue weighted by atomic mass is 32.2. The lowest BCUT2D eigenvalue weighted by atomic mass is 10.1. The highest BCUT2D eigenvalue weighted by molar-refractivity contribution is 7.89. The Bertz CT molecular complexity index is 1510. The second-order valence-corrected chi connectivity index (χ2v) is 8.44. The normalized spacial score (nSPS) is 11.8. The number of pyridine rings is 1. The molecular formula is C21H16N6O3S. The van der Waals surface area contributed by atoms with Crippen LogP contribution >= 0.6 is 0 Å². The van der Waals surface area contributed by atoms with E-state index in [1.165, 1.54) is 24.3 Å². The number of sulfonamides is 1. The van der Waals surface area contributed by atoms with Crippen LogP contribution in [0.3, 0.4) is 0 Å².